The molecule has 0 saturated heterocycles. The van der Waals surface area contributed by atoms with E-state index in [0.29, 0.717) is 18.0 Å². The SMILES string of the molecule is O=C(CCC(=O)Nc1ccccc1)N/N=C/c1cccc(OCc2ccccc2)c1. The lowest BCUT2D eigenvalue weighted by molar-refractivity contribution is -0.124. The zero-order valence-electron chi connectivity index (χ0n) is 16.5. The third-order valence-electron chi connectivity index (χ3n) is 4.15. The van der Waals surface area contributed by atoms with Crippen molar-refractivity contribution in [2.45, 2.75) is 19.4 Å². The molecule has 2 amide bonds. The fourth-order valence-electron chi connectivity index (χ4n) is 2.63. The van der Waals surface area contributed by atoms with Crippen LogP contribution < -0.4 is 15.5 Å². The predicted molar refractivity (Wildman–Crippen MR) is 117 cm³/mol. The fraction of sp³-hybridized carbons (Fsp3) is 0.125. The number of rotatable bonds is 9. The maximum Gasteiger partial charge on any atom is 0.240 e. The standard InChI is InChI=1S/C24H23N3O3/c28-23(26-21-11-5-2-6-12-21)14-15-24(29)27-25-17-20-10-7-13-22(16-20)30-18-19-8-3-1-4-9-19/h1-13,16-17H,14-15,18H2,(H,26,28)(H,27,29)/b25-17+. The van der Waals surface area contributed by atoms with Crippen molar-refractivity contribution in [3.63, 3.8) is 0 Å². The Balaban J connectivity index is 1.41. The summed E-state index contributed by atoms with van der Waals surface area (Å²) in [7, 11) is 0. The van der Waals surface area contributed by atoms with E-state index in [2.05, 4.69) is 15.8 Å². The first-order chi connectivity index (χ1) is 14.7. The molecular weight excluding hydrogens is 378 g/mol. The normalized spacial score (nSPS) is 10.5. The van der Waals surface area contributed by atoms with Crippen LogP contribution in [0.2, 0.25) is 0 Å². The van der Waals surface area contributed by atoms with E-state index >= 15 is 0 Å². The van der Waals surface area contributed by atoms with Crippen LogP contribution in [0.1, 0.15) is 24.0 Å². The lowest BCUT2D eigenvalue weighted by Crippen LogP contribution is -2.20. The number of benzene rings is 3. The molecule has 0 bridgehead atoms. The number of hydrogen-bond donors (Lipinski definition) is 2. The van der Waals surface area contributed by atoms with Gasteiger partial charge in [0.15, 0.2) is 0 Å². The van der Waals surface area contributed by atoms with Crippen molar-refractivity contribution in [3.8, 4) is 5.75 Å². The first-order valence-corrected chi connectivity index (χ1v) is 9.62. The van der Waals surface area contributed by atoms with Gasteiger partial charge in [0.05, 0.1) is 6.21 Å². The van der Waals surface area contributed by atoms with Crippen molar-refractivity contribution >= 4 is 23.7 Å². The molecule has 0 aromatic heterocycles. The average Bonchev–Trinajstić information content (AvgIpc) is 2.78. The molecule has 2 N–H and O–H groups in total. The van der Waals surface area contributed by atoms with E-state index in [1.54, 1.807) is 12.1 Å². The monoisotopic (exact) mass is 401 g/mol. The maximum atomic E-state index is 11.9. The van der Waals surface area contributed by atoms with Gasteiger partial charge in [0, 0.05) is 18.5 Å². The lowest BCUT2D eigenvalue weighted by atomic mass is 10.2. The number of para-hydroxylation sites is 1. The van der Waals surface area contributed by atoms with Crippen LogP contribution in [0.25, 0.3) is 0 Å². The molecule has 0 atom stereocenters. The van der Waals surface area contributed by atoms with E-state index in [-0.39, 0.29) is 24.7 Å². The largest absolute Gasteiger partial charge is 0.489 e. The molecule has 3 aromatic carbocycles. The zero-order valence-corrected chi connectivity index (χ0v) is 16.5. The molecule has 0 radical (unpaired) electrons. The molecule has 0 spiro atoms. The summed E-state index contributed by atoms with van der Waals surface area (Å²) in [5.41, 5.74) is 5.02. The Morgan fingerprint density at radius 2 is 1.53 bits per heavy atom. The smallest absolute Gasteiger partial charge is 0.240 e. The number of anilines is 1. The van der Waals surface area contributed by atoms with Gasteiger partial charge in [-0.05, 0) is 35.4 Å². The van der Waals surface area contributed by atoms with Crippen molar-refractivity contribution in [1.82, 2.24) is 5.43 Å². The van der Waals surface area contributed by atoms with E-state index in [1.807, 2.05) is 72.8 Å². The van der Waals surface area contributed by atoms with Crippen LogP contribution in [0.3, 0.4) is 0 Å². The fourth-order valence-corrected chi connectivity index (χ4v) is 2.63. The third-order valence-corrected chi connectivity index (χ3v) is 4.15. The number of amides is 2. The molecule has 3 rings (SSSR count). The van der Waals surface area contributed by atoms with Crippen molar-refractivity contribution in [1.29, 1.82) is 0 Å². The van der Waals surface area contributed by atoms with Gasteiger partial charge in [0.1, 0.15) is 12.4 Å². The number of hydrogen-bond acceptors (Lipinski definition) is 4. The first-order valence-electron chi connectivity index (χ1n) is 9.62. The quantitative estimate of drug-likeness (QED) is 0.418. The highest BCUT2D eigenvalue weighted by atomic mass is 16.5. The lowest BCUT2D eigenvalue weighted by Gasteiger charge is -2.07. The molecule has 0 fully saturated rings. The minimum Gasteiger partial charge on any atom is -0.489 e. The maximum absolute atomic E-state index is 11.9. The Morgan fingerprint density at radius 3 is 2.30 bits per heavy atom. The highest BCUT2D eigenvalue weighted by Gasteiger charge is 2.06. The summed E-state index contributed by atoms with van der Waals surface area (Å²) in [6.07, 6.45) is 1.67. The molecule has 0 saturated carbocycles. The number of ether oxygens (including phenoxy) is 1. The summed E-state index contributed by atoms with van der Waals surface area (Å²) in [6.45, 7) is 0.475. The van der Waals surface area contributed by atoms with Gasteiger partial charge in [-0.1, -0.05) is 60.7 Å². The zero-order chi connectivity index (χ0) is 21.0. The minimum absolute atomic E-state index is 0.0518. The van der Waals surface area contributed by atoms with Crippen molar-refractivity contribution in [2.75, 3.05) is 5.32 Å². The van der Waals surface area contributed by atoms with Crippen LogP contribution in [0.15, 0.2) is 90.0 Å². The van der Waals surface area contributed by atoms with Crippen molar-refractivity contribution < 1.29 is 14.3 Å². The second kappa shape index (κ2) is 11.2. The van der Waals surface area contributed by atoms with Gasteiger partial charge >= 0.3 is 0 Å². The Kier molecular flexibility index (Phi) is 7.74. The summed E-state index contributed by atoms with van der Waals surface area (Å²) in [4.78, 5) is 23.8. The van der Waals surface area contributed by atoms with Crippen molar-refractivity contribution in [3.05, 3.63) is 96.1 Å². The summed E-state index contributed by atoms with van der Waals surface area (Å²) < 4.78 is 5.78. The summed E-state index contributed by atoms with van der Waals surface area (Å²) >= 11 is 0. The molecule has 3 aromatic rings. The van der Waals surface area contributed by atoms with Crippen molar-refractivity contribution in [2.24, 2.45) is 5.10 Å². The van der Waals surface area contributed by atoms with E-state index in [4.69, 9.17) is 4.74 Å². The third kappa shape index (κ3) is 7.24. The van der Waals surface area contributed by atoms with Crippen LogP contribution in [0.4, 0.5) is 5.69 Å². The summed E-state index contributed by atoms with van der Waals surface area (Å²) in [5, 5.41) is 6.69. The molecule has 6 heteroatoms. The molecule has 152 valence electrons. The minimum atomic E-state index is -0.328. The Bertz CT molecular complexity index is 989. The van der Waals surface area contributed by atoms with Gasteiger partial charge in [-0.25, -0.2) is 5.43 Å². The van der Waals surface area contributed by atoms with E-state index < -0.39 is 0 Å². The Hall–Kier alpha value is -3.93. The molecule has 6 nitrogen and oxygen atoms in total. The number of carbonyl (C=O) groups is 2. The average molecular weight is 401 g/mol. The summed E-state index contributed by atoms with van der Waals surface area (Å²) in [5.74, 6) is 0.168. The van der Waals surface area contributed by atoms with Crippen LogP contribution >= 0.6 is 0 Å². The van der Waals surface area contributed by atoms with Gasteiger partial charge in [-0.15, -0.1) is 0 Å². The van der Waals surface area contributed by atoms with Gasteiger partial charge < -0.3 is 10.1 Å². The molecule has 0 aliphatic heterocycles. The number of hydrazone groups is 1. The highest BCUT2D eigenvalue weighted by molar-refractivity contribution is 5.93. The Labute approximate surface area is 175 Å². The highest BCUT2D eigenvalue weighted by Crippen LogP contribution is 2.14. The van der Waals surface area contributed by atoms with Gasteiger partial charge in [-0.2, -0.15) is 5.10 Å². The van der Waals surface area contributed by atoms with E-state index in [1.165, 1.54) is 6.21 Å². The molecule has 0 heterocycles. The van der Waals surface area contributed by atoms with Crippen LogP contribution in [0, 0.1) is 0 Å². The molecule has 0 aliphatic carbocycles. The van der Waals surface area contributed by atoms with Gasteiger partial charge in [0.2, 0.25) is 11.8 Å². The second-order valence-corrected chi connectivity index (χ2v) is 6.55. The molecule has 0 aliphatic rings. The van der Waals surface area contributed by atoms with E-state index in [0.717, 1.165) is 11.1 Å². The van der Waals surface area contributed by atoms with Gasteiger partial charge in [-0.3, -0.25) is 9.59 Å². The Morgan fingerprint density at radius 1 is 0.833 bits per heavy atom. The second-order valence-electron chi connectivity index (χ2n) is 6.55. The molecule has 30 heavy (non-hydrogen) atoms. The van der Waals surface area contributed by atoms with Crippen LogP contribution in [0.5, 0.6) is 5.75 Å². The molecular formula is C24H23N3O3. The van der Waals surface area contributed by atoms with Crippen LogP contribution in [-0.2, 0) is 16.2 Å². The first kappa shape index (κ1) is 20.8. The number of nitrogens with zero attached hydrogens (tertiary/aromatic N) is 1. The number of nitrogens with one attached hydrogen (secondary N) is 2. The molecule has 0 unspecified atom stereocenters. The van der Waals surface area contributed by atoms with Gasteiger partial charge in [0.25, 0.3) is 0 Å². The summed E-state index contributed by atoms with van der Waals surface area (Å²) in [6, 6.07) is 26.4. The van der Waals surface area contributed by atoms with Crippen LogP contribution in [-0.4, -0.2) is 18.0 Å². The number of carbonyl (C=O) groups excluding carboxylic acids is 2. The predicted octanol–water partition coefficient (Wildman–Crippen LogP) is 4.13. The van der Waals surface area contributed by atoms with E-state index in [9.17, 15) is 9.59 Å². The topological polar surface area (TPSA) is 79.8 Å².